The van der Waals surface area contributed by atoms with Gasteiger partial charge in [0.1, 0.15) is 5.54 Å². The highest BCUT2D eigenvalue weighted by molar-refractivity contribution is 5.92. The van der Waals surface area contributed by atoms with Crippen LogP contribution in [0, 0.1) is 11.8 Å². The van der Waals surface area contributed by atoms with Gasteiger partial charge in [-0.3, -0.25) is 9.69 Å². The molecule has 4 atom stereocenters. The molecule has 0 spiro atoms. The van der Waals surface area contributed by atoms with Crippen LogP contribution in [0.15, 0.2) is 0 Å². The van der Waals surface area contributed by atoms with Crippen molar-refractivity contribution in [2.75, 3.05) is 26.9 Å². The van der Waals surface area contributed by atoms with Gasteiger partial charge in [0, 0.05) is 25.6 Å². The number of methoxy groups -OCH3 is 1. The Morgan fingerprint density at radius 2 is 2.05 bits per heavy atom. The van der Waals surface area contributed by atoms with Gasteiger partial charge >= 0.3 is 0 Å². The highest BCUT2D eigenvalue weighted by Gasteiger charge is 2.57. The van der Waals surface area contributed by atoms with Crippen molar-refractivity contribution in [3.8, 4) is 0 Å². The molecule has 20 heavy (non-hydrogen) atoms. The van der Waals surface area contributed by atoms with Crippen molar-refractivity contribution < 1.29 is 14.6 Å². The lowest BCUT2D eigenvalue weighted by Crippen LogP contribution is -2.73. The number of fused-ring (bicyclic) bond motifs is 3. The molecule has 1 N–H and O–H groups in total. The largest absolute Gasteiger partial charge is 0.394 e. The molecule has 4 rings (SSSR count). The summed E-state index contributed by atoms with van der Waals surface area (Å²) in [7, 11) is 1.63. The summed E-state index contributed by atoms with van der Waals surface area (Å²) >= 11 is 0. The van der Waals surface area contributed by atoms with Gasteiger partial charge in [-0.2, -0.15) is 0 Å². The quantitative estimate of drug-likeness (QED) is 0.850. The van der Waals surface area contributed by atoms with E-state index in [9.17, 15) is 9.90 Å². The maximum atomic E-state index is 12.7. The van der Waals surface area contributed by atoms with Crippen molar-refractivity contribution in [3.63, 3.8) is 0 Å². The Morgan fingerprint density at radius 3 is 2.70 bits per heavy atom. The Labute approximate surface area is 121 Å². The van der Waals surface area contributed by atoms with Crippen molar-refractivity contribution in [2.24, 2.45) is 11.8 Å². The third-order valence-corrected chi connectivity index (χ3v) is 5.86. The van der Waals surface area contributed by atoms with E-state index in [1.54, 1.807) is 7.11 Å². The second-order valence-corrected chi connectivity index (χ2v) is 6.87. The third-order valence-electron chi connectivity index (χ3n) is 5.86. The maximum absolute atomic E-state index is 12.7. The molecule has 0 radical (unpaired) electrons. The first kappa shape index (κ1) is 14.5. The molecular formula is C16H27NO3. The minimum Gasteiger partial charge on any atom is -0.394 e. The van der Waals surface area contributed by atoms with Crippen LogP contribution in [-0.4, -0.2) is 54.2 Å². The fourth-order valence-corrected chi connectivity index (χ4v) is 4.86. The number of aliphatic hydroxyl groups is 1. The molecule has 4 nitrogen and oxygen atoms in total. The van der Waals surface area contributed by atoms with Crippen LogP contribution in [0.25, 0.3) is 0 Å². The summed E-state index contributed by atoms with van der Waals surface area (Å²) in [5, 5.41) is 9.94. The van der Waals surface area contributed by atoms with Crippen LogP contribution in [0.2, 0.25) is 0 Å². The van der Waals surface area contributed by atoms with E-state index in [-0.39, 0.29) is 18.3 Å². The topological polar surface area (TPSA) is 49.8 Å². The summed E-state index contributed by atoms with van der Waals surface area (Å²) in [5.74, 6) is 1.08. The van der Waals surface area contributed by atoms with Gasteiger partial charge in [-0.15, -0.1) is 0 Å². The smallest absolute Gasteiger partial charge is 0.161 e. The number of hydrogen-bond acceptors (Lipinski definition) is 4. The molecule has 2 bridgehead atoms. The van der Waals surface area contributed by atoms with Gasteiger partial charge in [0.2, 0.25) is 0 Å². The highest BCUT2D eigenvalue weighted by Crippen LogP contribution is 2.45. The zero-order valence-electron chi connectivity index (χ0n) is 12.5. The van der Waals surface area contributed by atoms with E-state index in [0.29, 0.717) is 18.6 Å². The molecule has 0 aromatic rings. The van der Waals surface area contributed by atoms with Gasteiger partial charge in [-0.05, 0) is 31.6 Å². The molecular weight excluding hydrogens is 254 g/mol. The van der Waals surface area contributed by atoms with Gasteiger partial charge in [0.25, 0.3) is 0 Å². The Morgan fingerprint density at radius 1 is 1.30 bits per heavy atom. The second-order valence-electron chi connectivity index (χ2n) is 6.87. The number of Topliss-reactive ketones (excluding diaryl/α,β-unsaturated/α-hetero) is 1. The Hall–Kier alpha value is -0.450. The number of ketones is 1. The number of ether oxygens (including phenoxy) is 1. The summed E-state index contributed by atoms with van der Waals surface area (Å²) in [6.07, 6.45) is 8.55. The molecule has 3 heterocycles. The van der Waals surface area contributed by atoms with Crippen LogP contribution >= 0.6 is 0 Å². The first-order valence-corrected chi connectivity index (χ1v) is 8.14. The molecule has 3 saturated heterocycles. The molecule has 4 aliphatic rings. The predicted octanol–water partition coefficient (Wildman–Crippen LogP) is 1.61. The van der Waals surface area contributed by atoms with Crippen LogP contribution in [0.4, 0.5) is 0 Å². The van der Waals surface area contributed by atoms with E-state index >= 15 is 0 Å². The average molecular weight is 281 g/mol. The van der Waals surface area contributed by atoms with Crippen molar-refractivity contribution in [1.29, 1.82) is 0 Å². The molecule has 4 unspecified atom stereocenters. The summed E-state index contributed by atoms with van der Waals surface area (Å²) in [6, 6.07) is 0.481. The lowest BCUT2D eigenvalue weighted by Gasteiger charge is -2.58. The highest BCUT2D eigenvalue weighted by atomic mass is 16.5. The fourth-order valence-electron chi connectivity index (χ4n) is 4.86. The van der Waals surface area contributed by atoms with Crippen LogP contribution < -0.4 is 0 Å². The van der Waals surface area contributed by atoms with Crippen LogP contribution in [0.1, 0.15) is 44.9 Å². The number of piperidine rings is 3. The number of carbonyl (C=O) groups is 1. The minimum absolute atomic E-state index is 0.0978. The number of nitrogens with zero attached hydrogens (tertiary/aromatic N) is 1. The van der Waals surface area contributed by atoms with E-state index < -0.39 is 5.54 Å². The Balaban J connectivity index is 1.86. The van der Waals surface area contributed by atoms with E-state index in [0.717, 1.165) is 19.4 Å². The number of hydrogen-bond donors (Lipinski definition) is 1. The number of aliphatic hydroxyl groups excluding tert-OH is 1. The third kappa shape index (κ3) is 2.13. The first-order valence-electron chi connectivity index (χ1n) is 8.14. The van der Waals surface area contributed by atoms with Crippen molar-refractivity contribution >= 4 is 5.78 Å². The maximum Gasteiger partial charge on any atom is 0.161 e. The fraction of sp³-hybridized carbons (Fsp3) is 0.938. The monoisotopic (exact) mass is 281 g/mol. The average Bonchev–Trinajstić information content (AvgIpc) is 2.52. The van der Waals surface area contributed by atoms with Crippen LogP contribution in [0.5, 0.6) is 0 Å². The molecule has 0 aromatic heterocycles. The van der Waals surface area contributed by atoms with Gasteiger partial charge in [-0.1, -0.05) is 19.3 Å². The van der Waals surface area contributed by atoms with Crippen molar-refractivity contribution in [3.05, 3.63) is 0 Å². The standard InChI is InChI=1S/C16H27NO3/c1-20-11-16(10-18)15(19)13-7-8-17(16)14(9-13)12-5-3-2-4-6-12/h12-14,18H,2-11H2,1H3. The van der Waals surface area contributed by atoms with Gasteiger partial charge in [0.15, 0.2) is 5.78 Å². The second kappa shape index (κ2) is 5.74. The summed E-state index contributed by atoms with van der Waals surface area (Å²) in [6.45, 7) is 1.18. The molecule has 3 aliphatic heterocycles. The van der Waals surface area contributed by atoms with Crippen LogP contribution in [-0.2, 0) is 9.53 Å². The molecule has 114 valence electrons. The van der Waals surface area contributed by atoms with E-state index in [2.05, 4.69) is 4.90 Å². The number of carbonyl (C=O) groups excluding carboxylic acids is 1. The van der Waals surface area contributed by atoms with E-state index in [1.165, 1.54) is 32.1 Å². The molecule has 4 heteroatoms. The van der Waals surface area contributed by atoms with E-state index in [1.807, 2.05) is 0 Å². The minimum atomic E-state index is -0.752. The first-order chi connectivity index (χ1) is 9.73. The Bertz CT molecular complexity index is 367. The predicted molar refractivity (Wildman–Crippen MR) is 76.5 cm³/mol. The van der Waals surface area contributed by atoms with E-state index in [4.69, 9.17) is 4.74 Å². The molecule has 1 aliphatic carbocycles. The number of rotatable bonds is 4. The van der Waals surface area contributed by atoms with Gasteiger partial charge in [0.05, 0.1) is 13.2 Å². The SMILES string of the molecule is COCC1(CO)C(=O)C2CCN1C(C1CCCCC1)C2. The Kier molecular flexibility index (Phi) is 4.16. The zero-order chi connectivity index (χ0) is 14.2. The molecule has 1 saturated carbocycles. The van der Waals surface area contributed by atoms with Gasteiger partial charge in [-0.25, -0.2) is 0 Å². The lowest BCUT2D eigenvalue weighted by atomic mass is 9.66. The lowest BCUT2D eigenvalue weighted by molar-refractivity contribution is -0.170. The molecule has 4 fully saturated rings. The van der Waals surface area contributed by atoms with Crippen LogP contribution in [0.3, 0.4) is 0 Å². The normalized spacial score (nSPS) is 42.1. The summed E-state index contributed by atoms with van der Waals surface area (Å²) in [5.41, 5.74) is -0.752. The summed E-state index contributed by atoms with van der Waals surface area (Å²) < 4.78 is 5.31. The van der Waals surface area contributed by atoms with Crippen molar-refractivity contribution in [1.82, 2.24) is 4.90 Å². The van der Waals surface area contributed by atoms with Gasteiger partial charge < -0.3 is 9.84 Å². The molecule has 0 amide bonds. The molecule has 0 aromatic carbocycles. The zero-order valence-corrected chi connectivity index (χ0v) is 12.5. The van der Waals surface area contributed by atoms with Crippen molar-refractivity contribution in [2.45, 2.75) is 56.5 Å². The summed E-state index contributed by atoms with van der Waals surface area (Å²) in [4.78, 5) is 15.0.